The second kappa shape index (κ2) is 5.52. The van der Waals surface area contributed by atoms with Crippen molar-refractivity contribution in [1.82, 2.24) is 0 Å². The number of benzene rings is 2. The first-order valence-corrected chi connectivity index (χ1v) is 7.42. The topological polar surface area (TPSA) is 9.23 Å². The highest BCUT2D eigenvalue weighted by Gasteiger charge is 2.18. The van der Waals surface area contributed by atoms with Gasteiger partial charge in [0.2, 0.25) is 0 Å². The summed E-state index contributed by atoms with van der Waals surface area (Å²) >= 11 is 1.41. The maximum absolute atomic E-state index is 5.85. The summed E-state index contributed by atoms with van der Waals surface area (Å²) in [4.78, 5) is 0. The lowest BCUT2D eigenvalue weighted by atomic mass is 9.92. The largest absolute Gasteiger partial charge is 0.307 e. The zero-order valence-corrected chi connectivity index (χ0v) is 11.5. The molecule has 94 valence electrons. The van der Waals surface area contributed by atoms with Crippen molar-refractivity contribution >= 4 is 12.0 Å². The Morgan fingerprint density at radius 3 is 2.53 bits per heavy atom. The van der Waals surface area contributed by atoms with Crippen LogP contribution in [0.1, 0.15) is 28.4 Å². The van der Waals surface area contributed by atoms with E-state index in [2.05, 4.69) is 42.2 Å². The van der Waals surface area contributed by atoms with Gasteiger partial charge in [-0.3, -0.25) is 0 Å². The van der Waals surface area contributed by atoms with Crippen molar-refractivity contribution in [3.63, 3.8) is 0 Å². The fourth-order valence-corrected chi connectivity index (χ4v) is 2.76. The van der Waals surface area contributed by atoms with Crippen molar-refractivity contribution in [2.24, 2.45) is 0 Å². The molecule has 0 amide bonds. The van der Waals surface area contributed by atoms with Gasteiger partial charge in [-0.05, 0) is 35.3 Å². The Bertz CT molecular complexity index is 652. The molecule has 2 heteroatoms. The normalized spacial score (nSPS) is 16.4. The average Bonchev–Trinajstić information content (AvgIpc) is 2.44. The van der Waals surface area contributed by atoms with Gasteiger partial charge < -0.3 is 4.18 Å². The molecule has 0 radical (unpaired) electrons. The summed E-state index contributed by atoms with van der Waals surface area (Å²) in [5.41, 5.74) is 4.60. The molecule has 0 spiro atoms. The van der Waals surface area contributed by atoms with Gasteiger partial charge in [0.1, 0.15) is 6.10 Å². The lowest BCUT2D eigenvalue weighted by Gasteiger charge is -2.20. The van der Waals surface area contributed by atoms with Crippen molar-refractivity contribution in [1.29, 1.82) is 0 Å². The van der Waals surface area contributed by atoms with Crippen molar-refractivity contribution in [2.75, 3.05) is 6.26 Å². The van der Waals surface area contributed by atoms with Gasteiger partial charge in [-0.15, -0.1) is 0 Å². The Balaban J connectivity index is 2.14. The average molecular weight is 266 g/mol. The van der Waals surface area contributed by atoms with Crippen LogP contribution < -0.4 is 0 Å². The third kappa shape index (κ3) is 2.53. The highest BCUT2D eigenvalue weighted by molar-refractivity contribution is 7.93. The Labute approximate surface area is 118 Å². The molecule has 1 nitrogen and oxygen atoms in total. The maximum Gasteiger partial charge on any atom is 0.102 e. The fraction of sp³-hybridized carbons (Fsp3) is 0.176. The minimum absolute atomic E-state index is 0.0574. The quantitative estimate of drug-likeness (QED) is 0.600. The molecule has 1 atom stereocenters. The Hall–Kier alpha value is -1.69. The summed E-state index contributed by atoms with van der Waals surface area (Å²) in [7, 11) is 0. The van der Waals surface area contributed by atoms with Gasteiger partial charge in [-0.2, -0.15) is 0 Å². The first kappa shape index (κ1) is 12.3. The minimum atomic E-state index is 0.0574. The summed E-state index contributed by atoms with van der Waals surface area (Å²) < 4.78 is 5.85. The maximum atomic E-state index is 5.85. The molecule has 0 aliphatic heterocycles. The molecule has 2 aromatic rings. The Kier molecular flexibility index (Phi) is 3.59. The van der Waals surface area contributed by atoms with Crippen LogP contribution in [0.25, 0.3) is 0 Å². The van der Waals surface area contributed by atoms with Crippen LogP contribution in [-0.2, 0) is 10.6 Å². The van der Waals surface area contributed by atoms with Crippen LogP contribution in [0.2, 0.25) is 0 Å². The first-order valence-electron chi connectivity index (χ1n) is 6.27. The van der Waals surface area contributed by atoms with E-state index in [0.717, 1.165) is 17.5 Å². The van der Waals surface area contributed by atoms with E-state index in [1.54, 1.807) is 0 Å². The van der Waals surface area contributed by atoms with Gasteiger partial charge in [0.05, 0.1) is 0 Å². The molecule has 0 saturated heterocycles. The van der Waals surface area contributed by atoms with Crippen LogP contribution in [0, 0.1) is 11.8 Å². The predicted octanol–water partition coefficient (Wildman–Crippen LogP) is 3.98. The highest BCUT2D eigenvalue weighted by Crippen LogP contribution is 2.30. The van der Waals surface area contributed by atoms with Gasteiger partial charge in [-0.25, -0.2) is 0 Å². The van der Waals surface area contributed by atoms with E-state index in [4.69, 9.17) is 4.18 Å². The lowest BCUT2D eigenvalue weighted by molar-refractivity contribution is 0.249. The standard InChI is InChI=1S/C17H14OS/c1-19-18-17-12-15-8-3-2-6-13(15)10-11-14-7-4-5-9-16(14)17/h2-9,17H,12H2,1H3. The molecule has 1 unspecified atom stereocenters. The van der Waals surface area contributed by atoms with Crippen molar-refractivity contribution in [3.8, 4) is 11.8 Å². The Morgan fingerprint density at radius 1 is 1.00 bits per heavy atom. The van der Waals surface area contributed by atoms with E-state index in [9.17, 15) is 0 Å². The molecule has 0 N–H and O–H groups in total. The molecule has 0 fully saturated rings. The monoisotopic (exact) mass is 266 g/mol. The summed E-state index contributed by atoms with van der Waals surface area (Å²) in [5, 5.41) is 0. The minimum Gasteiger partial charge on any atom is -0.307 e. The molecule has 0 bridgehead atoms. The van der Waals surface area contributed by atoms with Crippen molar-refractivity contribution in [2.45, 2.75) is 12.5 Å². The van der Waals surface area contributed by atoms with Crippen LogP contribution in [0.5, 0.6) is 0 Å². The molecule has 2 aromatic carbocycles. The van der Waals surface area contributed by atoms with E-state index >= 15 is 0 Å². The van der Waals surface area contributed by atoms with Gasteiger partial charge in [0.15, 0.2) is 0 Å². The summed E-state index contributed by atoms with van der Waals surface area (Å²) in [6.45, 7) is 0. The van der Waals surface area contributed by atoms with E-state index < -0.39 is 0 Å². The molecule has 1 aliphatic rings. The van der Waals surface area contributed by atoms with Gasteiger partial charge >= 0.3 is 0 Å². The van der Waals surface area contributed by atoms with Gasteiger partial charge in [-0.1, -0.05) is 48.2 Å². The van der Waals surface area contributed by atoms with Gasteiger partial charge in [0.25, 0.3) is 0 Å². The summed E-state index contributed by atoms with van der Waals surface area (Å²) in [5.74, 6) is 6.54. The zero-order valence-electron chi connectivity index (χ0n) is 10.7. The van der Waals surface area contributed by atoms with Crippen LogP contribution in [0.3, 0.4) is 0 Å². The van der Waals surface area contributed by atoms with E-state index in [1.807, 2.05) is 24.5 Å². The second-order valence-corrected chi connectivity index (χ2v) is 4.98. The molecule has 0 aromatic heterocycles. The van der Waals surface area contributed by atoms with Crippen LogP contribution in [-0.4, -0.2) is 6.26 Å². The molecule has 1 aliphatic carbocycles. The SMILES string of the molecule is CSOC1Cc2ccccc2C#Cc2ccccc21. The number of rotatable bonds is 2. The van der Waals surface area contributed by atoms with Crippen LogP contribution >= 0.6 is 12.0 Å². The fourth-order valence-electron chi connectivity index (χ4n) is 2.36. The highest BCUT2D eigenvalue weighted by atomic mass is 32.2. The van der Waals surface area contributed by atoms with Crippen molar-refractivity contribution < 1.29 is 4.18 Å². The molecule has 0 saturated carbocycles. The van der Waals surface area contributed by atoms with Crippen LogP contribution in [0.4, 0.5) is 0 Å². The Morgan fingerprint density at radius 2 is 1.68 bits per heavy atom. The smallest absolute Gasteiger partial charge is 0.102 e. The molecular weight excluding hydrogens is 252 g/mol. The van der Waals surface area contributed by atoms with Gasteiger partial charge in [0, 0.05) is 23.8 Å². The molecule has 19 heavy (non-hydrogen) atoms. The first-order chi connectivity index (χ1) is 9.38. The third-order valence-corrected chi connectivity index (χ3v) is 3.70. The number of hydrogen-bond acceptors (Lipinski definition) is 2. The second-order valence-electron chi connectivity index (χ2n) is 4.45. The third-order valence-electron chi connectivity index (χ3n) is 3.27. The zero-order chi connectivity index (χ0) is 13.1. The van der Waals surface area contributed by atoms with E-state index in [0.29, 0.717) is 0 Å². The van der Waals surface area contributed by atoms with Crippen molar-refractivity contribution in [3.05, 3.63) is 70.8 Å². The number of hydrogen-bond donors (Lipinski definition) is 0. The molecular formula is C17H14OS. The summed E-state index contributed by atoms with van der Waals surface area (Å²) in [6, 6.07) is 16.5. The molecule has 3 rings (SSSR count). The molecule has 0 heterocycles. The predicted molar refractivity (Wildman–Crippen MR) is 79.9 cm³/mol. The number of fused-ring (bicyclic) bond motifs is 2. The van der Waals surface area contributed by atoms with E-state index in [-0.39, 0.29) is 6.10 Å². The van der Waals surface area contributed by atoms with E-state index in [1.165, 1.54) is 23.2 Å². The lowest BCUT2D eigenvalue weighted by Crippen LogP contribution is -2.09. The van der Waals surface area contributed by atoms with Crippen LogP contribution in [0.15, 0.2) is 48.5 Å². The summed E-state index contributed by atoms with van der Waals surface area (Å²) in [6.07, 6.45) is 2.88.